The molecule has 0 amide bonds. The summed E-state index contributed by atoms with van der Waals surface area (Å²) in [7, 11) is 0. The normalized spacial score (nSPS) is 12.6. The standard InChI is InChI=1S/C17H24N2S/c1-5-6-18-15(11-16-19-7-8-20-16)17-13(3)9-12(2)10-14(17)4/h7-10,15,18H,5-6,11H2,1-4H3. The summed E-state index contributed by atoms with van der Waals surface area (Å²) < 4.78 is 0. The maximum Gasteiger partial charge on any atom is 0.0943 e. The molecule has 0 aliphatic rings. The van der Waals surface area contributed by atoms with E-state index in [1.54, 1.807) is 11.3 Å². The Morgan fingerprint density at radius 2 is 1.90 bits per heavy atom. The first kappa shape index (κ1) is 15.2. The molecule has 2 rings (SSSR count). The third-order valence-electron chi connectivity index (χ3n) is 3.59. The van der Waals surface area contributed by atoms with Crippen molar-refractivity contribution in [1.82, 2.24) is 10.3 Å². The van der Waals surface area contributed by atoms with Gasteiger partial charge in [0.2, 0.25) is 0 Å². The molecular formula is C17H24N2S. The lowest BCUT2D eigenvalue weighted by atomic mass is 9.92. The summed E-state index contributed by atoms with van der Waals surface area (Å²) in [6.45, 7) is 9.86. The molecule has 1 N–H and O–H groups in total. The minimum absolute atomic E-state index is 0.363. The van der Waals surface area contributed by atoms with Crippen LogP contribution in [0.3, 0.4) is 0 Å². The summed E-state index contributed by atoms with van der Waals surface area (Å²) >= 11 is 1.74. The summed E-state index contributed by atoms with van der Waals surface area (Å²) in [6.07, 6.45) is 4.02. The van der Waals surface area contributed by atoms with E-state index in [4.69, 9.17) is 0 Å². The van der Waals surface area contributed by atoms with E-state index in [1.807, 2.05) is 6.20 Å². The maximum atomic E-state index is 4.45. The number of hydrogen-bond donors (Lipinski definition) is 1. The Morgan fingerprint density at radius 1 is 1.20 bits per heavy atom. The Kier molecular flexibility index (Phi) is 5.32. The predicted molar refractivity (Wildman–Crippen MR) is 87.5 cm³/mol. The van der Waals surface area contributed by atoms with Crippen LogP contribution in [-0.2, 0) is 6.42 Å². The topological polar surface area (TPSA) is 24.9 Å². The Labute approximate surface area is 126 Å². The molecule has 1 aromatic heterocycles. The van der Waals surface area contributed by atoms with Crippen LogP contribution in [0.15, 0.2) is 23.7 Å². The monoisotopic (exact) mass is 288 g/mol. The van der Waals surface area contributed by atoms with Crippen LogP contribution in [0, 0.1) is 20.8 Å². The van der Waals surface area contributed by atoms with Gasteiger partial charge in [0.1, 0.15) is 0 Å². The highest BCUT2D eigenvalue weighted by atomic mass is 32.1. The Hall–Kier alpha value is -1.19. The van der Waals surface area contributed by atoms with E-state index in [2.05, 4.69) is 55.5 Å². The van der Waals surface area contributed by atoms with Gasteiger partial charge in [-0.25, -0.2) is 4.98 Å². The average Bonchev–Trinajstić information content (AvgIpc) is 2.87. The van der Waals surface area contributed by atoms with Crippen molar-refractivity contribution in [3.8, 4) is 0 Å². The summed E-state index contributed by atoms with van der Waals surface area (Å²) in [5, 5.41) is 6.95. The van der Waals surface area contributed by atoms with Gasteiger partial charge in [-0.2, -0.15) is 0 Å². The average molecular weight is 288 g/mol. The number of thiazole rings is 1. The second kappa shape index (κ2) is 7.00. The number of nitrogens with zero attached hydrogens (tertiary/aromatic N) is 1. The van der Waals surface area contributed by atoms with Crippen molar-refractivity contribution in [2.75, 3.05) is 6.54 Å². The molecule has 20 heavy (non-hydrogen) atoms. The maximum absolute atomic E-state index is 4.45. The molecule has 1 atom stereocenters. The van der Waals surface area contributed by atoms with Crippen molar-refractivity contribution in [2.24, 2.45) is 0 Å². The molecule has 2 aromatic rings. The van der Waals surface area contributed by atoms with E-state index >= 15 is 0 Å². The molecule has 3 heteroatoms. The summed E-state index contributed by atoms with van der Waals surface area (Å²) in [4.78, 5) is 4.45. The summed E-state index contributed by atoms with van der Waals surface area (Å²) in [6, 6.07) is 4.93. The van der Waals surface area contributed by atoms with Gasteiger partial charge in [0.15, 0.2) is 0 Å². The highest BCUT2D eigenvalue weighted by Crippen LogP contribution is 2.27. The molecule has 0 fully saturated rings. The van der Waals surface area contributed by atoms with Crippen LogP contribution in [0.1, 0.15) is 46.6 Å². The smallest absolute Gasteiger partial charge is 0.0943 e. The zero-order chi connectivity index (χ0) is 14.5. The zero-order valence-electron chi connectivity index (χ0n) is 12.9. The largest absolute Gasteiger partial charge is 0.310 e. The Bertz CT molecular complexity index is 523. The minimum Gasteiger partial charge on any atom is -0.310 e. The van der Waals surface area contributed by atoms with Gasteiger partial charge in [0, 0.05) is 24.0 Å². The van der Waals surface area contributed by atoms with Gasteiger partial charge < -0.3 is 5.32 Å². The molecule has 0 radical (unpaired) electrons. The Balaban J connectivity index is 2.30. The fourth-order valence-corrected chi connectivity index (χ4v) is 3.53. The van der Waals surface area contributed by atoms with E-state index in [0.29, 0.717) is 6.04 Å². The second-order valence-corrected chi connectivity index (χ2v) is 6.43. The third-order valence-corrected chi connectivity index (χ3v) is 4.39. The lowest BCUT2D eigenvalue weighted by Gasteiger charge is -2.23. The van der Waals surface area contributed by atoms with Crippen molar-refractivity contribution in [3.63, 3.8) is 0 Å². The van der Waals surface area contributed by atoms with Gasteiger partial charge in [-0.15, -0.1) is 11.3 Å². The molecule has 1 unspecified atom stereocenters. The number of nitrogens with one attached hydrogen (secondary N) is 1. The molecule has 0 saturated heterocycles. The highest BCUT2D eigenvalue weighted by Gasteiger charge is 2.17. The van der Waals surface area contributed by atoms with E-state index in [1.165, 1.54) is 27.3 Å². The van der Waals surface area contributed by atoms with E-state index in [0.717, 1.165) is 19.4 Å². The lowest BCUT2D eigenvalue weighted by Crippen LogP contribution is -2.25. The molecule has 2 nitrogen and oxygen atoms in total. The number of hydrogen-bond acceptors (Lipinski definition) is 3. The van der Waals surface area contributed by atoms with Gasteiger partial charge in [-0.3, -0.25) is 0 Å². The molecule has 0 bridgehead atoms. The third kappa shape index (κ3) is 3.68. The summed E-state index contributed by atoms with van der Waals surface area (Å²) in [5.74, 6) is 0. The molecular weight excluding hydrogens is 264 g/mol. The van der Waals surface area contributed by atoms with E-state index < -0.39 is 0 Å². The van der Waals surface area contributed by atoms with Crippen LogP contribution in [0.25, 0.3) is 0 Å². The molecule has 108 valence electrons. The molecule has 1 heterocycles. The first-order valence-electron chi connectivity index (χ1n) is 7.31. The number of aromatic nitrogens is 1. The van der Waals surface area contributed by atoms with Gasteiger partial charge in [0.25, 0.3) is 0 Å². The van der Waals surface area contributed by atoms with Gasteiger partial charge in [0.05, 0.1) is 5.01 Å². The van der Waals surface area contributed by atoms with Crippen LogP contribution in [0.4, 0.5) is 0 Å². The van der Waals surface area contributed by atoms with Gasteiger partial charge in [-0.05, 0) is 50.4 Å². The van der Waals surface area contributed by atoms with Crippen molar-refractivity contribution in [2.45, 2.75) is 46.6 Å². The minimum atomic E-state index is 0.363. The fourth-order valence-electron chi connectivity index (χ4n) is 2.86. The fraction of sp³-hybridized carbons (Fsp3) is 0.471. The first-order valence-corrected chi connectivity index (χ1v) is 8.19. The van der Waals surface area contributed by atoms with E-state index in [9.17, 15) is 0 Å². The Morgan fingerprint density at radius 3 is 2.45 bits per heavy atom. The number of benzene rings is 1. The highest BCUT2D eigenvalue weighted by molar-refractivity contribution is 7.09. The van der Waals surface area contributed by atoms with Gasteiger partial charge >= 0.3 is 0 Å². The van der Waals surface area contributed by atoms with Crippen molar-refractivity contribution < 1.29 is 0 Å². The van der Waals surface area contributed by atoms with Crippen LogP contribution >= 0.6 is 11.3 Å². The van der Waals surface area contributed by atoms with Crippen molar-refractivity contribution >= 4 is 11.3 Å². The van der Waals surface area contributed by atoms with Crippen LogP contribution in [0.2, 0.25) is 0 Å². The quantitative estimate of drug-likeness (QED) is 0.854. The molecule has 0 aliphatic carbocycles. The molecule has 0 saturated carbocycles. The molecule has 1 aromatic carbocycles. The predicted octanol–water partition coefficient (Wildman–Crippen LogP) is 4.35. The number of rotatable bonds is 6. The first-order chi connectivity index (χ1) is 9.61. The second-order valence-electron chi connectivity index (χ2n) is 5.45. The van der Waals surface area contributed by atoms with Crippen molar-refractivity contribution in [1.29, 1.82) is 0 Å². The van der Waals surface area contributed by atoms with E-state index in [-0.39, 0.29) is 0 Å². The van der Waals surface area contributed by atoms with Gasteiger partial charge in [-0.1, -0.05) is 24.6 Å². The zero-order valence-corrected chi connectivity index (χ0v) is 13.7. The van der Waals surface area contributed by atoms with Crippen LogP contribution < -0.4 is 5.32 Å². The van der Waals surface area contributed by atoms with Crippen LogP contribution in [-0.4, -0.2) is 11.5 Å². The SMILES string of the molecule is CCCNC(Cc1nccs1)c1c(C)cc(C)cc1C. The number of aryl methyl sites for hydroxylation is 3. The van der Waals surface area contributed by atoms with Crippen molar-refractivity contribution in [3.05, 3.63) is 51.0 Å². The molecule has 0 aliphatic heterocycles. The van der Waals surface area contributed by atoms with Crippen LogP contribution in [0.5, 0.6) is 0 Å². The molecule has 0 spiro atoms. The summed E-state index contributed by atoms with van der Waals surface area (Å²) in [5.41, 5.74) is 5.55. The lowest BCUT2D eigenvalue weighted by molar-refractivity contribution is 0.524.